The zero-order valence-electron chi connectivity index (χ0n) is 56.3. The molecule has 0 spiro atoms. The second-order valence-corrected chi connectivity index (χ2v) is 26.0. The number of amides is 1. The molecule has 0 aliphatic rings. The molecule has 0 aromatic carbocycles. The number of aliphatic hydroxyl groups is 1. The Morgan fingerprint density at radius 2 is 0.709 bits per heavy atom. The molecule has 0 fully saturated rings. The summed E-state index contributed by atoms with van der Waals surface area (Å²) in [6.45, 7) is 4.66. The number of rotatable bonds is 63. The van der Waals surface area contributed by atoms with Crippen LogP contribution in [0.25, 0.3) is 0 Å². The van der Waals surface area contributed by atoms with Crippen LogP contribution in [0.4, 0.5) is 0 Å². The van der Waals surface area contributed by atoms with Gasteiger partial charge in [0, 0.05) is 6.42 Å². The normalized spacial score (nSPS) is 14.5. The largest absolute Gasteiger partial charge is 0.472 e. The molecule has 9 heteroatoms. The number of nitrogens with one attached hydrogen (secondary N) is 1. The third-order valence-corrected chi connectivity index (χ3v) is 16.0. The van der Waals surface area contributed by atoms with Gasteiger partial charge in [0.1, 0.15) is 13.2 Å². The summed E-state index contributed by atoms with van der Waals surface area (Å²) in [6, 6.07) is -0.894. The van der Waals surface area contributed by atoms with E-state index in [1.165, 1.54) is 141 Å². The number of unbranched alkanes of at least 4 members (excludes halogenated alkanes) is 28. The highest BCUT2D eigenvalue weighted by atomic mass is 31.2. The zero-order chi connectivity index (χ0) is 62.6. The van der Waals surface area contributed by atoms with E-state index in [2.05, 4.69) is 153 Å². The first-order chi connectivity index (χ1) is 42.0. The molecule has 3 atom stereocenters. The average molecular weight is 1210 g/mol. The number of hydrogen-bond donors (Lipinski definition) is 3. The molecule has 0 bridgehead atoms. The monoisotopic (exact) mass is 1210 g/mol. The van der Waals surface area contributed by atoms with Crippen LogP contribution in [0.1, 0.15) is 284 Å². The first-order valence-electron chi connectivity index (χ1n) is 35.2. The predicted molar refractivity (Wildman–Crippen MR) is 378 cm³/mol. The fraction of sp³-hybridized carbons (Fsp3) is 0.675. The zero-order valence-corrected chi connectivity index (χ0v) is 57.1. The van der Waals surface area contributed by atoms with Crippen LogP contribution >= 0.6 is 7.82 Å². The molecule has 0 radical (unpaired) electrons. The smallest absolute Gasteiger partial charge is 0.387 e. The van der Waals surface area contributed by atoms with Gasteiger partial charge in [0.2, 0.25) is 5.91 Å². The van der Waals surface area contributed by atoms with Crippen molar-refractivity contribution in [2.24, 2.45) is 0 Å². The topological polar surface area (TPSA) is 105 Å². The molecule has 0 heterocycles. The number of nitrogens with zero attached hydrogens (tertiary/aromatic N) is 1. The highest BCUT2D eigenvalue weighted by Crippen LogP contribution is 2.43. The molecule has 0 saturated heterocycles. The lowest BCUT2D eigenvalue weighted by Gasteiger charge is -2.25. The van der Waals surface area contributed by atoms with Gasteiger partial charge in [-0.3, -0.25) is 13.8 Å². The van der Waals surface area contributed by atoms with Gasteiger partial charge in [0.05, 0.1) is 39.9 Å². The molecule has 3 unspecified atom stereocenters. The molecule has 0 aromatic heterocycles. The lowest BCUT2D eigenvalue weighted by atomic mass is 10.0. The van der Waals surface area contributed by atoms with Crippen molar-refractivity contribution in [2.75, 3.05) is 40.9 Å². The van der Waals surface area contributed by atoms with Crippen LogP contribution in [-0.4, -0.2) is 73.4 Å². The third kappa shape index (κ3) is 67.9. The highest BCUT2D eigenvalue weighted by molar-refractivity contribution is 7.47. The number of likely N-dealkylation sites (N-methyl/N-ethyl adjacent to an activating group) is 1. The van der Waals surface area contributed by atoms with Crippen LogP contribution in [0, 0.1) is 0 Å². The highest BCUT2D eigenvalue weighted by Gasteiger charge is 2.28. The molecule has 8 nitrogen and oxygen atoms in total. The third-order valence-electron chi connectivity index (χ3n) is 15.0. The molecule has 492 valence electrons. The van der Waals surface area contributed by atoms with Gasteiger partial charge in [-0.2, -0.15) is 0 Å². The maximum Gasteiger partial charge on any atom is 0.472 e. The van der Waals surface area contributed by atoms with E-state index in [-0.39, 0.29) is 19.1 Å². The van der Waals surface area contributed by atoms with Crippen LogP contribution in [0.5, 0.6) is 0 Å². The minimum absolute atomic E-state index is 0.0413. The van der Waals surface area contributed by atoms with Gasteiger partial charge in [-0.1, -0.05) is 307 Å². The molecule has 1 amide bonds. The van der Waals surface area contributed by atoms with Crippen molar-refractivity contribution >= 4 is 13.7 Å². The van der Waals surface area contributed by atoms with E-state index in [4.69, 9.17) is 9.05 Å². The van der Waals surface area contributed by atoms with E-state index in [1.807, 2.05) is 27.2 Å². The summed E-state index contributed by atoms with van der Waals surface area (Å²) in [7, 11) is 1.51. The molecule has 0 aliphatic carbocycles. The van der Waals surface area contributed by atoms with Crippen LogP contribution in [-0.2, 0) is 18.4 Å². The van der Waals surface area contributed by atoms with Gasteiger partial charge < -0.3 is 19.8 Å². The SMILES string of the molecule is CC/C=C\C/C=C\C/C=C\C/C=C\C/C=C\C/C=C\C/C=C\C/C=C\C/C=C\CCCCCCCC(=O)NC(COP(=O)(O)OCC[N+](C)(C)C)C(O)/C=C/CC/C=C/CC/C=C/CCCCCCCCCCCCCCCCCCCCCCC. The number of phosphoric ester groups is 1. The number of carbonyl (C=O) groups excluding carboxylic acids is 1. The Balaban J connectivity index is 4.25. The molecule has 0 rings (SSSR count). The summed E-state index contributed by atoms with van der Waals surface area (Å²) in [6.07, 6.45) is 101. The number of aliphatic hydroxyl groups excluding tert-OH is 1. The van der Waals surface area contributed by atoms with Crippen LogP contribution in [0.3, 0.4) is 0 Å². The van der Waals surface area contributed by atoms with E-state index in [0.717, 1.165) is 122 Å². The first-order valence-corrected chi connectivity index (χ1v) is 36.7. The minimum atomic E-state index is -4.38. The Bertz CT molecular complexity index is 1910. The van der Waals surface area contributed by atoms with Crippen molar-refractivity contribution < 1.29 is 32.9 Å². The van der Waals surface area contributed by atoms with E-state index in [9.17, 15) is 19.4 Å². The van der Waals surface area contributed by atoms with Crippen molar-refractivity contribution in [1.82, 2.24) is 5.32 Å². The minimum Gasteiger partial charge on any atom is -0.387 e. The Morgan fingerprint density at radius 1 is 0.407 bits per heavy atom. The number of allylic oxidation sites excluding steroid dienone is 23. The number of carbonyl (C=O) groups is 1. The maximum atomic E-state index is 13.0. The first kappa shape index (κ1) is 82.4. The fourth-order valence-electron chi connectivity index (χ4n) is 9.60. The van der Waals surface area contributed by atoms with Gasteiger partial charge in [0.25, 0.3) is 0 Å². The molecule has 3 N–H and O–H groups in total. The van der Waals surface area contributed by atoms with Crippen molar-refractivity contribution in [3.05, 3.63) is 146 Å². The molecular weight excluding hydrogens is 1080 g/mol. The van der Waals surface area contributed by atoms with E-state index in [1.54, 1.807) is 6.08 Å². The summed E-state index contributed by atoms with van der Waals surface area (Å²) in [5.41, 5.74) is 0. The second kappa shape index (κ2) is 65.8. The van der Waals surface area contributed by atoms with Crippen LogP contribution in [0.2, 0.25) is 0 Å². The van der Waals surface area contributed by atoms with E-state index >= 15 is 0 Å². The van der Waals surface area contributed by atoms with E-state index < -0.39 is 20.0 Å². The van der Waals surface area contributed by atoms with Crippen molar-refractivity contribution in [3.8, 4) is 0 Å². The summed E-state index contributed by atoms with van der Waals surface area (Å²) in [4.78, 5) is 23.4. The lowest BCUT2D eigenvalue weighted by Crippen LogP contribution is -2.45. The van der Waals surface area contributed by atoms with Gasteiger partial charge in [-0.15, -0.1) is 0 Å². The van der Waals surface area contributed by atoms with Crippen LogP contribution < -0.4 is 5.32 Å². The number of phosphoric acid groups is 1. The summed E-state index contributed by atoms with van der Waals surface area (Å²) >= 11 is 0. The summed E-state index contributed by atoms with van der Waals surface area (Å²) in [5.74, 6) is -0.214. The average Bonchev–Trinajstić information content (AvgIpc) is 3.70. The molecule has 86 heavy (non-hydrogen) atoms. The number of quaternary nitrogens is 1. The van der Waals surface area contributed by atoms with Gasteiger partial charge in [-0.25, -0.2) is 4.57 Å². The summed E-state index contributed by atoms with van der Waals surface area (Å²) < 4.78 is 23.8. The summed E-state index contributed by atoms with van der Waals surface area (Å²) in [5, 5.41) is 14.0. The van der Waals surface area contributed by atoms with E-state index in [0.29, 0.717) is 17.4 Å². The van der Waals surface area contributed by atoms with Gasteiger partial charge >= 0.3 is 7.82 Å². The standard InChI is InChI=1S/C77H133N2O6P/c1-6-8-10-12-14-16-18-20-22-24-26-28-30-32-34-36-38-39-41-43-45-47-49-51-53-55-57-59-61-63-65-67-69-71-77(81)78-75(74-85-86(82,83)84-73-72-79(3,4)5)76(80)70-68-66-64-62-60-58-56-54-52-50-48-46-44-42-40-37-35-33-31-29-27-25-23-21-19-17-15-13-11-9-7-2/h8,10,14,16,20,22,26,28,32,34,38-39,43,45,49,51-52,54-55,57,60,62,68,70,75-76,80H,6-7,9,11-13,15,17-19,21,23-25,27,29-31,33,35-37,40-42,44,46-48,50,53,56,58-59,61,63-67,69,71-74H2,1-5H3,(H-,78,81,82,83)/p+1/b10-8-,16-14-,22-20-,28-26-,34-32-,39-38-,45-43-,51-49-,54-52+,57-55-,62-60+,70-68+. The Labute approximate surface area is 531 Å². The van der Waals surface area contributed by atoms with Gasteiger partial charge in [0.15, 0.2) is 0 Å². The predicted octanol–water partition coefficient (Wildman–Crippen LogP) is 22.8. The maximum absolute atomic E-state index is 13.0. The molecular formula is C77H134N2O6P+. The lowest BCUT2D eigenvalue weighted by molar-refractivity contribution is -0.870. The Morgan fingerprint density at radius 3 is 1.07 bits per heavy atom. The second-order valence-electron chi connectivity index (χ2n) is 24.5. The van der Waals surface area contributed by atoms with Crippen molar-refractivity contribution in [1.29, 1.82) is 0 Å². The van der Waals surface area contributed by atoms with Crippen molar-refractivity contribution in [3.63, 3.8) is 0 Å². The Kier molecular flexibility index (Phi) is 63.0. The van der Waals surface area contributed by atoms with Gasteiger partial charge in [-0.05, 0) is 116 Å². The van der Waals surface area contributed by atoms with Crippen molar-refractivity contribution in [2.45, 2.75) is 296 Å². The molecule has 0 saturated carbocycles. The number of hydrogen-bond acceptors (Lipinski definition) is 5. The van der Waals surface area contributed by atoms with Crippen LogP contribution in [0.15, 0.2) is 146 Å². The quantitative estimate of drug-likeness (QED) is 0.0243. The Hall–Kier alpha value is -3.62. The molecule has 0 aromatic rings. The fourth-order valence-corrected chi connectivity index (χ4v) is 10.3. The molecule has 0 aliphatic heterocycles.